The van der Waals surface area contributed by atoms with Crippen molar-refractivity contribution < 1.29 is 9.13 Å². The van der Waals surface area contributed by atoms with Gasteiger partial charge in [-0.3, -0.25) is 0 Å². The SMILES string of the molecule is COc1c(Br)cc(Br)cc1CNc1cc(Cl)c(F)c(Cl)c1. The second-order valence-corrected chi connectivity index (χ2v) is 6.77. The second-order valence-electron chi connectivity index (χ2n) is 4.19. The average Bonchev–Trinajstić information content (AvgIpc) is 2.41. The molecule has 1 N–H and O–H groups in total. The Labute approximate surface area is 148 Å². The fraction of sp³-hybridized carbons (Fsp3) is 0.143. The standard InChI is InChI=1S/C14H10Br2Cl2FNO/c1-21-14-7(2-8(15)3-10(14)16)6-20-9-4-11(17)13(19)12(18)5-9/h2-5,20H,6H2,1H3. The lowest BCUT2D eigenvalue weighted by Gasteiger charge is -2.13. The highest BCUT2D eigenvalue weighted by molar-refractivity contribution is 9.11. The molecule has 2 rings (SSSR count). The van der Waals surface area contributed by atoms with E-state index in [0.29, 0.717) is 12.2 Å². The van der Waals surface area contributed by atoms with Gasteiger partial charge in [0.1, 0.15) is 5.75 Å². The molecule has 112 valence electrons. The number of ether oxygens (including phenoxy) is 1. The molecule has 0 aliphatic carbocycles. The molecule has 0 heterocycles. The van der Waals surface area contributed by atoms with Gasteiger partial charge in [0.15, 0.2) is 5.82 Å². The van der Waals surface area contributed by atoms with Crippen molar-refractivity contribution in [3.8, 4) is 5.75 Å². The minimum Gasteiger partial charge on any atom is -0.495 e. The Morgan fingerprint density at radius 3 is 2.33 bits per heavy atom. The first-order chi connectivity index (χ1) is 9.92. The number of hydrogen-bond donors (Lipinski definition) is 1. The zero-order valence-corrected chi connectivity index (χ0v) is 15.5. The Morgan fingerprint density at radius 1 is 1.14 bits per heavy atom. The van der Waals surface area contributed by atoms with E-state index in [1.54, 1.807) is 7.11 Å². The lowest BCUT2D eigenvalue weighted by Crippen LogP contribution is -2.03. The van der Waals surface area contributed by atoms with Crippen LogP contribution in [0.15, 0.2) is 33.2 Å². The molecule has 7 heteroatoms. The van der Waals surface area contributed by atoms with Crippen LogP contribution in [-0.2, 0) is 6.54 Å². The smallest absolute Gasteiger partial charge is 0.160 e. The van der Waals surface area contributed by atoms with Crippen molar-refractivity contribution >= 4 is 60.7 Å². The Hall–Kier alpha value is -0.490. The molecule has 0 amide bonds. The molecule has 0 unspecified atom stereocenters. The Morgan fingerprint density at radius 2 is 1.76 bits per heavy atom. The summed E-state index contributed by atoms with van der Waals surface area (Å²) in [5, 5.41) is 3.10. The molecule has 2 nitrogen and oxygen atoms in total. The van der Waals surface area contributed by atoms with E-state index in [1.165, 1.54) is 12.1 Å². The number of anilines is 1. The lowest BCUT2D eigenvalue weighted by atomic mass is 10.2. The van der Waals surface area contributed by atoms with Gasteiger partial charge in [-0.05, 0) is 40.2 Å². The molecule has 0 saturated carbocycles. The fourth-order valence-electron chi connectivity index (χ4n) is 1.83. The third kappa shape index (κ3) is 4.03. The predicted molar refractivity (Wildman–Crippen MR) is 92.1 cm³/mol. The number of nitrogens with one attached hydrogen (secondary N) is 1. The molecule has 0 fully saturated rings. The van der Waals surface area contributed by atoms with Crippen molar-refractivity contribution in [2.75, 3.05) is 12.4 Å². The van der Waals surface area contributed by atoms with Gasteiger partial charge in [0, 0.05) is 22.3 Å². The monoisotopic (exact) mass is 455 g/mol. The summed E-state index contributed by atoms with van der Waals surface area (Å²) in [7, 11) is 1.60. The van der Waals surface area contributed by atoms with Crippen molar-refractivity contribution in [3.63, 3.8) is 0 Å². The van der Waals surface area contributed by atoms with Crippen LogP contribution in [0.1, 0.15) is 5.56 Å². The van der Waals surface area contributed by atoms with Crippen LogP contribution >= 0.6 is 55.1 Å². The Kier molecular flexibility index (Phi) is 5.77. The van der Waals surface area contributed by atoms with E-state index in [2.05, 4.69) is 37.2 Å². The van der Waals surface area contributed by atoms with Gasteiger partial charge in [0.05, 0.1) is 21.6 Å². The summed E-state index contributed by atoms with van der Waals surface area (Å²) in [5.74, 6) is 0.108. The summed E-state index contributed by atoms with van der Waals surface area (Å²) in [5.41, 5.74) is 1.56. The van der Waals surface area contributed by atoms with Crippen molar-refractivity contribution in [2.45, 2.75) is 6.54 Å². The highest BCUT2D eigenvalue weighted by Gasteiger charge is 2.11. The van der Waals surface area contributed by atoms with Gasteiger partial charge in [-0.15, -0.1) is 0 Å². The number of halogens is 5. The van der Waals surface area contributed by atoms with E-state index in [1.807, 2.05) is 12.1 Å². The largest absolute Gasteiger partial charge is 0.495 e. The minimum atomic E-state index is -0.619. The zero-order chi connectivity index (χ0) is 15.6. The highest BCUT2D eigenvalue weighted by atomic mass is 79.9. The number of hydrogen-bond acceptors (Lipinski definition) is 2. The van der Waals surface area contributed by atoms with Crippen molar-refractivity contribution in [2.24, 2.45) is 0 Å². The van der Waals surface area contributed by atoms with Crippen LogP contribution in [0.4, 0.5) is 10.1 Å². The maximum Gasteiger partial charge on any atom is 0.160 e. The van der Waals surface area contributed by atoms with Crippen LogP contribution in [0.5, 0.6) is 5.75 Å². The van der Waals surface area contributed by atoms with Crippen LogP contribution in [-0.4, -0.2) is 7.11 Å². The fourth-order valence-corrected chi connectivity index (χ4v) is 3.79. The topological polar surface area (TPSA) is 21.3 Å². The second kappa shape index (κ2) is 7.18. The van der Waals surface area contributed by atoms with Gasteiger partial charge < -0.3 is 10.1 Å². The summed E-state index contributed by atoms with van der Waals surface area (Å²) in [6.45, 7) is 0.472. The molecule has 2 aromatic rings. The van der Waals surface area contributed by atoms with Crippen molar-refractivity contribution in [3.05, 3.63) is 54.6 Å². The molecule has 0 atom stereocenters. The summed E-state index contributed by atoms with van der Waals surface area (Å²) >= 11 is 18.4. The first-order valence-corrected chi connectivity index (χ1v) is 8.17. The number of rotatable bonds is 4. The molecule has 0 aliphatic heterocycles. The van der Waals surface area contributed by atoms with E-state index in [0.717, 1.165) is 20.3 Å². The maximum absolute atomic E-state index is 13.4. The van der Waals surface area contributed by atoms with Crippen LogP contribution in [0.2, 0.25) is 10.0 Å². The zero-order valence-electron chi connectivity index (χ0n) is 10.8. The van der Waals surface area contributed by atoms with Crippen molar-refractivity contribution in [1.29, 1.82) is 0 Å². The number of benzene rings is 2. The van der Waals surface area contributed by atoms with E-state index in [4.69, 9.17) is 27.9 Å². The quantitative estimate of drug-likeness (QED) is 0.546. The summed E-state index contributed by atoms with van der Waals surface area (Å²) in [6, 6.07) is 6.81. The van der Waals surface area contributed by atoms with Gasteiger partial charge in [0.25, 0.3) is 0 Å². The molecule has 0 aliphatic rings. The Bertz CT molecular complexity index is 659. The third-order valence-corrected chi connectivity index (χ3v) is 4.35. The molecule has 21 heavy (non-hydrogen) atoms. The molecule has 0 saturated heterocycles. The van der Waals surface area contributed by atoms with Gasteiger partial charge in [0.2, 0.25) is 0 Å². The van der Waals surface area contributed by atoms with Gasteiger partial charge in [-0.1, -0.05) is 39.1 Å². The van der Waals surface area contributed by atoms with Gasteiger partial charge in [-0.25, -0.2) is 4.39 Å². The minimum absolute atomic E-state index is 0.0209. The average molecular weight is 458 g/mol. The normalized spacial score (nSPS) is 10.6. The lowest BCUT2D eigenvalue weighted by molar-refractivity contribution is 0.407. The van der Waals surface area contributed by atoms with Gasteiger partial charge >= 0.3 is 0 Å². The Balaban J connectivity index is 2.24. The highest BCUT2D eigenvalue weighted by Crippen LogP contribution is 2.34. The molecular weight excluding hydrogens is 448 g/mol. The van der Waals surface area contributed by atoms with Crippen molar-refractivity contribution in [1.82, 2.24) is 0 Å². The summed E-state index contributed by atoms with van der Waals surface area (Å²) in [4.78, 5) is 0. The number of methoxy groups -OCH3 is 1. The third-order valence-electron chi connectivity index (χ3n) is 2.76. The van der Waals surface area contributed by atoms with Crippen LogP contribution in [0.3, 0.4) is 0 Å². The van der Waals surface area contributed by atoms with Crippen LogP contribution < -0.4 is 10.1 Å². The predicted octanol–water partition coefficient (Wildman–Crippen LogP) is 6.28. The maximum atomic E-state index is 13.4. The molecule has 2 aromatic carbocycles. The van der Waals surface area contributed by atoms with Gasteiger partial charge in [-0.2, -0.15) is 0 Å². The van der Waals surface area contributed by atoms with E-state index in [9.17, 15) is 4.39 Å². The molecule has 0 aromatic heterocycles. The van der Waals surface area contributed by atoms with E-state index in [-0.39, 0.29) is 10.0 Å². The molecule has 0 radical (unpaired) electrons. The molecule has 0 bridgehead atoms. The van der Waals surface area contributed by atoms with Crippen LogP contribution in [0.25, 0.3) is 0 Å². The molecular formula is C14H10Br2Cl2FNO. The van der Waals surface area contributed by atoms with E-state index < -0.39 is 5.82 Å². The summed E-state index contributed by atoms with van der Waals surface area (Å²) in [6.07, 6.45) is 0. The molecule has 0 spiro atoms. The first kappa shape index (κ1) is 16.9. The summed E-state index contributed by atoms with van der Waals surface area (Å²) < 4.78 is 20.5. The van der Waals surface area contributed by atoms with E-state index >= 15 is 0 Å². The first-order valence-electron chi connectivity index (χ1n) is 5.82. The van der Waals surface area contributed by atoms with Crippen LogP contribution in [0, 0.1) is 5.82 Å².